The minimum atomic E-state index is -0.802. The molecule has 0 unspecified atom stereocenters. The quantitative estimate of drug-likeness (QED) is 0.319. The van der Waals surface area contributed by atoms with Gasteiger partial charge in [-0.3, -0.25) is 18.8 Å². The summed E-state index contributed by atoms with van der Waals surface area (Å²) in [4.78, 5) is 31.4. The molecule has 0 bridgehead atoms. The van der Waals surface area contributed by atoms with Crippen LogP contribution in [0.4, 0.5) is 23.2 Å². The largest absolute Gasteiger partial charge is 0.363 e. The molecular formula is C31H31F4N5O2. The molecule has 0 aliphatic carbocycles. The Balaban J connectivity index is 1.49. The SMILES string of the molecule is Cc1c(N2CCN(Cc3cc(F)cc(F)c3)CC2)c(=O)n(C[C@@H](N)c2ccccc2)c(=O)n1Cc1c(F)cccc1F. The fourth-order valence-electron chi connectivity index (χ4n) is 5.43. The van der Waals surface area contributed by atoms with E-state index in [1.165, 1.54) is 22.8 Å². The van der Waals surface area contributed by atoms with Crippen molar-refractivity contribution in [1.29, 1.82) is 0 Å². The van der Waals surface area contributed by atoms with E-state index in [1.807, 2.05) is 15.9 Å². The monoisotopic (exact) mass is 581 g/mol. The van der Waals surface area contributed by atoms with E-state index in [1.54, 1.807) is 31.2 Å². The molecule has 1 fully saturated rings. The molecule has 220 valence electrons. The molecule has 0 saturated carbocycles. The third-order valence-corrected chi connectivity index (χ3v) is 7.66. The van der Waals surface area contributed by atoms with Gasteiger partial charge in [0.25, 0.3) is 5.56 Å². The Hall–Kier alpha value is -4.22. The van der Waals surface area contributed by atoms with Gasteiger partial charge in [0, 0.05) is 56.1 Å². The molecular weight excluding hydrogens is 550 g/mol. The van der Waals surface area contributed by atoms with E-state index in [0.29, 0.717) is 38.3 Å². The Kier molecular flexibility index (Phi) is 8.60. The highest BCUT2D eigenvalue weighted by Gasteiger charge is 2.27. The first-order valence-corrected chi connectivity index (χ1v) is 13.6. The molecule has 2 N–H and O–H groups in total. The first kappa shape index (κ1) is 29.3. The van der Waals surface area contributed by atoms with Gasteiger partial charge in [-0.1, -0.05) is 36.4 Å². The molecule has 1 saturated heterocycles. The van der Waals surface area contributed by atoms with Gasteiger partial charge in [-0.25, -0.2) is 22.4 Å². The van der Waals surface area contributed by atoms with Crippen molar-refractivity contribution in [1.82, 2.24) is 14.0 Å². The van der Waals surface area contributed by atoms with Crippen LogP contribution in [-0.4, -0.2) is 40.2 Å². The molecule has 11 heteroatoms. The number of hydrogen-bond donors (Lipinski definition) is 1. The number of nitrogens with two attached hydrogens (primary N) is 1. The molecule has 0 spiro atoms. The smallest absolute Gasteiger partial charge is 0.331 e. The second-order valence-corrected chi connectivity index (χ2v) is 10.5. The summed E-state index contributed by atoms with van der Waals surface area (Å²) >= 11 is 0. The standard InChI is InChI=1S/C31H31F4N5O2/c1-20-29(38-12-10-37(11-13-38)17-21-14-23(32)16-24(33)15-21)30(41)40(19-28(36)22-6-3-2-4-7-22)31(42)39(20)18-25-26(34)8-5-9-27(25)35/h2-9,14-16,28H,10-13,17-19,36H2,1H3/t28-/m1/s1. The van der Waals surface area contributed by atoms with Crippen molar-refractivity contribution in [3.8, 4) is 0 Å². The second kappa shape index (κ2) is 12.3. The summed E-state index contributed by atoms with van der Waals surface area (Å²) < 4.78 is 58.9. The van der Waals surface area contributed by atoms with Crippen LogP contribution in [-0.2, 0) is 19.6 Å². The van der Waals surface area contributed by atoms with Crippen molar-refractivity contribution < 1.29 is 17.6 Å². The Morgan fingerprint density at radius 1 is 0.786 bits per heavy atom. The lowest BCUT2D eigenvalue weighted by Gasteiger charge is -2.37. The van der Waals surface area contributed by atoms with Gasteiger partial charge in [-0.15, -0.1) is 0 Å². The van der Waals surface area contributed by atoms with Crippen molar-refractivity contribution in [2.24, 2.45) is 5.73 Å². The van der Waals surface area contributed by atoms with E-state index in [4.69, 9.17) is 5.73 Å². The van der Waals surface area contributed by atoms with Crippen molar-refractivity contribution in [2.75, 3.05) is 31.1 Å². The van der Waals surface area contributed by atoms with Crippen LogP contribution in [0, 0.1) is 30.2 Å². The highest BCUT2D eigenvalue weighted by atomic mass is 19.1. The first-order valence-electron chi connectivity index (χ1n) is 13.6. The highest BCUT2D eigenvalue weighted by molar-refractivity contribution is 5.50. The number of nitrogens with zero attached hydrogens (tertiary/aromatic N) is 4. The molecule has 0 radical (unpaired) electrons. The predicted molar refractivity (Wildman–Crippen MR) is 152 cm³/mol. The third-order valence-electron chi connectivity index (χ3n) is 7.66. The van der Waals surface area contributed by atoms with Crippen LogP contribution in [0.1, 0.15) is 28.4 Å². The van der Waals surface area contributed by atoms with Crippen LogP contribution in [0.25, 0.3) is 0 Å². The molecule has 5 rings (SSSR count). The predicted octanol–water partition coefficient (Wildman–Crippen LogP) is 3.95. The number of halogens is 4. The van der Waals surface area contributed by atoms with Crippen LogP contribution >= 0.6 is 0 Å². The number of hydrogen-bond acceptors (Lipinski definition) is 5. The van der Waals surface area contributed by atoms with Crippen LogP contribution < -0.4 is 21.9 Å². The van der Waals surface area contributed by atoms with Crippen molar-refractivity contribution >= 4 is 5.69 Å². The maximum absolute atomic E-state index is 14.6. The molecule has 2 heterocycles. The highest BCUT2D eigenvalue weighted by Crippen LogP contribution is 2.21. The van der Waals surface area contributed by atoms with E-state index in [9.17, 15) is 27.2 Å². The molecule has 1 atom stereocenters. The zero-order chi connectivity index (χ0) is 30.0. The number of benzene rings is 3. The van der Waals surface area contributed by atoms with Crippen molar-refractivity contribution in [3.05, 3.63) is 133 Å². The van der Waals surface area contributed by atoms with Crippen LogP contribution in [0.3, 0.4) is 0 Å². The molecule has 1 aromatic heterocycles. The van der Waals surface area contributed by atoms with Gasteiger partial charge in [0.15, 0.2) is 0 Å². The van der Waals surface area contributed by atoms with Gasteiger partial charge < -0.3 is 10.6 Å². The number of aromatic nitrogens is 2. The third kappa shape index (κ3) is 6.17. The van der Waals surface area contributed by atoms with E-state index in [2.05, 4.69) is 0 Å². The summed E-state index contributed by atoms with van der Waals surface area (Å²) in [7, 11) is 0. The lowest BCUT2D eigenvalue weighted by atomic mass is 10.1. The van der Waals surface area contributed by atoms with Gasteiger partial charge in [-0.05, 0) is 42.3 Å². The molecule has 1 aliphatic rings. The fraction of sp³-hybridized carbons (Fsp3) is 0.290. The Labute approximate surface area is 240 Å². The molecule has 3 aromatic carbocycles. The zero-order valence-electron chi connectivity index (χ0n) is 23.1. The summed E-state index contributed by atoms with van der Waals surface area (Å²) in [6, 6.07) is 15.2. The van der Waals surface area contributed by atoms with Gasteiger partial charge in [0.1, 0.15) is 29.0 Å². The Morgan fingerprint density at radius 3 is 2.02 bits per heavy atom. The summed E-state index contributed by atoms with van der Waals surface area (Å²) in [5.74, 6) is -2.91. The lowest BCUT2D eigenvalue weighted by molar-refractivity contribution is 0.248. The normalized spacial score (nSPS) is 14.8. The number of rotatable bonds is 8. The van der Waals surface area contributed by atoms with Crippen LogP contribution in [0.5, 0.6) is 0 Å². The average Bonchev–Trinajstić information content (AvgIpc) is 2.95. The van der Waals surface area contributed by atoms with Gasteiger partial charge >= 0.3 is 5.69 Å². The summed E-state index contributed by atoms with van der Waals surface area (Å²) in [5, 5.41) is 0. The molecule has 1 aliphatic heterocycles. The van der Waals surface area contributed by atoms with Gasteiger partial charge in [0.2, 0.25) is 0 Å². The van der Waals surface area contributed by atoms with Crippen molar-refractivity contribution in [2.45, 2.75) is 32.6 Å². The average molecular weight is 582 g/mol. The van der Waals surface area contributed by atoms with Gasteiger partial charge in [-0.2, -0.15) is 0 Å². The van der Waals surface area contributed by atoms with Crippen molar-refractivity contribution in [3.63, 3.8) is 0 Å². The Bertz CT molecular complexity index is 1660. The topological polar surface area (TPSA) is 76.5 Å². The maximum Gasteiger partial charge on any atom is 0.331 e. The number of piperazine rings is 1. The Morgan fingerprint density at radius 2 is 1.40 bits per heavy atom. The van der Waals surface area contributed by atoms with Crippen LogP contribution in [0.15, 0.2) is 76.3 Å². The van der Waals surface area contributed by atoms with Gasteiger partial charge in [0.05, 0.1) is 13.1 Å². The number of anilines is 1. The zero-order valence-corrected chi connectivity index (χ0v) is 23.1. The molecule has 4 aromatic rings. The van der Waals surface area contributed by atoms with E-state index in [0.717, 1.165) is 28.3 Å². The fourth-order valence-corrected chi connectivity index (χ4v) is 5.43. The molecule has 42 heavy (non-hydrogen) atoms. The van der Waals surface area contributed by atoms with E-state index in [-0.39, 0.29) is 23.5 Å². The molecule has 7 nitrogen and oxygen atoms in total. The minimum absolute atomic E-state index is 0.139. The summed E-state index contributed by atoms with van der Waals surface area (Å²) in [6.07, 6.45) is 0. The minimum Gasteiger partial charge on any atom is -0.363 e. The van der Waals surface area contributed by atoms with Crippen LogP contribution in [0.2, 0.25) is 0 Å². The van der Waals surface area contributed by atoms with E-state index < -0.39 is 47.1 Å². The first-order chi connectivity index (χ1) is 20.1. The lowest BCUT2D eigenvalue weighted by Crippen LogP contribution is -2.51. The van der Waals surface area contributed by atoms with E-state index >= 15 is 0 Å². The summed E-state index contributed by atoms with van der Waals surface area (Å²) in [6.45, 7) is 3.06. The maximum atomic E-state index is 14.6. The summed E-state index contributed by atoms with van der Waals surface area (Å²) in [5.41, 5.74) is 6.57. The molecule has 0 amide bonds. The second-order valence-electron chi connectivity index (χ2n) is 10.5.